The van der Waals surface area contributed by atoms with E-state index in [1.54, 1.807) is 0 Å². The van der Waals surface area contributed by atoms with Crippen LogP contribution in [0.2, 0.25) is 0 Å². The second kappa shape index (κ2) is 9.80. The Bertz CT molecular complexity index is 829. The van der Waals surface area contributed by atoms with Crippen molar-refractivity contribution in [1.29, 1.82) is 5.26 Å². The van der Waals surface area contributed by atoms with Crippen molar-refractivity contribution < 1.29 is 0 Å². The average molecular weight is 376 g/mol. The molecule has 5 nitrogen and oxygen atoms in total. The van der Waals surface area contributed by atoms with E-state index in [1.165, 1.54) is 24.1 Å². The minimum atomic E-state index is 0.154. The van der Waals surface area contributed by atoms with E-state index >= 15 is 0 Å². The summed E-state index contributed by atoms with van der Waals surface area (Å²) in [5.74, 6) is 0.797. The summed E-state index contributed by atoms with van der Waals surface area (Å²) in [6, 6.07) is 18.7. The van der Waals surface area contributed by atoms with E-state index in [4.69, 9.17) is 10.3 Å². The van der Waals surface area contributed by atoms with Crippen LogP contribution in [0.1, 0.15) is 49.4 Å². The highest BCUT2D eigenvalue weighted by Crippen LogP contribution is 2.24. The fraction of sp³-hybridized carbons (Fsp3) is 0.391. The molecule has 0 amide bonds. The molecule has 0 aliphatic carbocycles. The number of rotatable bonds is 6. The average Bonchev–Trinajstić information content (AvgIpc) is 3.27. The number of nitrogens with zero attached hydrogens (tertiary/aromatic N) is 3. The summed E-state index contributed by atoms with van der Waals surface area (Å²) in [5.41, 5.74) is 4.32. The largest absolute Gasteiger partial charge is 0.372 e. The predicted molar refractivity (Wildman–Crippen MR) is 115 cm³/mol. The lowest BCUT2D eigenvalue weighted by Gasteiger charge is -2.22. The van der Waals surface area contributed by atoms with Gasteiger partial charge in [0.05, 0.1) is 24.2 Å². The normalized spacial score (nSPS) is 15.2. The molecule has 0 saturated carbocycles. The number of hydrogen-bond acceptors (Lipinski definition) is 3. The van der Waals surface area contributed by atoms with Gasteiger partial charge < -0.3 is 15.5 Å². The fourth-order valence-corrected chi connectivity index (χ4v) is 3.43. The van der Waals surface area contributed by atoms with Gasteiger partial charge in [0.15, 0.2) is 5.96 Å². The molecule has 0 aromatic heterocycles. The van der Waals surface area contributed by atoms with E-state index in [9.17, 15) is 0 Å². The van der Waals surface area contributed by atoms with Gasteiger partial charge in [0.2, 0.25) is 0 Å². The van der Waals surface area contributed by atoms with Crippen LogP contribution in [-0.2, 0) is 6.54 Å². The standard InChI is InChI=1S/C23H29N5/c1-3-25-23(26-17-20-11-9-19(16-24)10-12-20)27-18(2)21-7-6-8-22(15-21)28-13-4-5-14-28/h6-12,15,18H,3-5,13-14,17H2,1-2H3,(H2,25,26,27). The summed E-state index contributed by atoms with van der Waals surface area (Å²) >= 11 is 0. The Balaban J connectivity index is 1.67. The van der Waals surface area contributed by atoms with Gasteiger partial charge in [-0.1, -0.05) is 24.3 Å². The number of nitrogens with one attached hydrogen (secondary N) is 2. The molecule has 1 atom stereocenters. The van der Waals surface area contributed by atoms with E-state index in [0.717, 1.165) is 31.2 Å². The zero-order valence-corrected chi connectivity index (χ0v) is 16.8. The molecule has 146 valence electrons. The molecule has 1 unspecified atom stereocenters. The van der Waals surface area contributed by atoms with E-state index in [0.29, 0.717) is 12.1 Å². The maximum absolute atomic E-state index is 8.91. The minimum absolute atomic E-state index is 0.154. The molecule has 2 aromatic rings. The Hall–Kier alpha value is -3.00. The van der Waals surface area contributed by atoms with Crippen LogP contribution >= 0.6 is 0 Å². The summed E-state index contributed by atoms with van der Waals surface area (Å²) in [5, 5.41) is 15.7. The Morgan fingerprint density at radius 3 is 2.61 bits per heavy atom. The van der Waals surface area contributed by atoms with Crippen molar-refractivity contribution in [2.45, 2.75) is 39.3 Å². The number of hydrogen-bond donors (Lipinski definition) is 2. The summed E-state index contributed by atoms with van der Waals surface area (Å²) in [6.45, 7) is 7.91. The minimum Gasteiger partial charge on any atom is -0.372 e. The quantitative estimate of drug-likeness (QED) is 0.592. The molecule has 1 aliphatic rings. The van der Waals surface area contributed by atoms with Crippen molar-refractivity contribution in [2.75, 3.05) is 24.5 Å². The zero-order valence-electron chi connectivity index (χ0n) is 16.8. The second-order valence-corrected chi connectivity index (χ2v) is 7.16. The Morgan fingerprint density at radius 1 is 1.18 bits per heavy atom. The third kappa shape index (κ3) is 5.26. The van der Waals surface area contributed by atoms with E-state index < -0.39 is 0 Å². The van der Waals surface area contributed by atoms with E-state index in [2.05, 4.69) is 59.7 Å². The van der Waals surface area contributed by atoms with Crippen LogP contribution in [-0.4, -0.2) is 25.6 Å². The predicted octanol–water partition coefficient (Wildman–Crippen LogP) is 3.97. The monoisotopic (exact) mass is 375 g/mol. The van der Waals surface area contributed by atoms with Crippen LogP contribution in [0.25, 0.3) is 0 Å². The summed E-state index contributed by atoms with van der Waals surface area (Å²) in [4.78, 5) is 7.16. The SMILES string of the molecule is CCNC(=NCc1ccc(C#N)cc1)NC(C)c1cccc(N2CCCC2)c1. The number of nitriles is 1. The first-order valence-corrected chi connectivity index (χ1v) is 10.1. The van der Waals surface area contributed by atoms with Crippen molar-refractivity contribution in [1.82, 2.24) is 10.6 Å². The first-order chi connectivity index (χ1) is 13.7. The van der Waals surface area contributed by atoms with Gasteiger partial charge in [0.25, 0.3) is 0 Å². The van der Waals surface area contributed by atoms with Crippen molar-refractivity contribution in [3.63, 3.8) is 0 Å². The highest BCUT2D eigenvalue weighted by Gasteiger charge is 2.14. The molecular formula is C23H29N5. The third-order valence-electron chi connectivity index (χ3n) is 5.04. The van der Waals surface area contributed by atoms with Crippen LogP contribution in [0.4, 0.5) is 5.69 Å². The lowest BCUT2D eigenvalue weighted by atomic mass is 10.1. The maximum atomic E-state index is 8.91. The highest BCUT2D eigenvalue weighted by molar-refractivity contribution is 5.80. The smallest absolute Gasteiger partial charge is 0.192 e. The van der Waals surface area contributed by atoms with Gasteiger partial charge in [0.1, 0.15) is 0 Å². The Morgan fingerprint density at radius 2 is 1.93 bits per heavy atom. The Kier molecular flexibility index (Phi) is 6.91. The van der Waals surface area contributed by atoms with Crippen LogP contribution in [0.3, 0.4) is 0 Å². The zero-order chi connectivity index (χ0) is 19.8. The molecule has 0 radical (unpaired) electrons. The molecule has 1 saturated heterocycles. The van der Waals surface area contributed by atoms with Crippen molar-refractivity contribution in [3.8, 4) is 6.07 Å². The highest BCUT2D eigenvalue weighted by atomic mass is 15.2. The summed E-state index contributed by atoms with van der Waals surface area (Å²) < 4.78 is 0. The number of benzene rings is 2. The fourth-order valence-electron chi connectivity index (χ4n) is 3.43. The Labute approximate surface area is 168 Å². The lowest BCUT2D eigenvalue weighted by molar-refractivity contribution is 0.686. The molecule has 0 bridgehead atoms. The van der Waals surface area contributed by atoms with Crippen LogP contribution in [0, 0.1) is 11.3 Å². The molecular weight excluding hydrogens is 346 g/mol. The molecule has 0 spiro atoms. The second-order valence-electron chi connectivity index (χ2n) is 7.16. The molecule has 3 rings (SSSR count). The molecule has 1 fully saturated rings. The van der Waals surface area contributed by atoms with Gasteiger partial charge in [-0.25, -0.2) is 4.99 Å². The van der Waals surface area contributed by atoms with Crippen LogP contribution in [0.15, 0.2) is 53.5 Å². The van der Waals surface area contributed by atoms with Gasteiger partial charge >= 0.3 is 0 Å². The first kappa shape index (κ1) is 19.8. The maximum Gasteiger partial charge on any atom is 0.192 e. The van der Waals surface area contributed by atoms with E-state index in [-0.39, 0.29) is 6.04 Å². The van der Waals surface area contributed by atoms with Crippen LogP contribution < -0.4 is 15.5 Å². The van der Waals surface area contributed by atoms with Gasteiger partial charge in [-0.2, -0.15) is 5.26 Å². The molecule has 28 heavy (non-hydrogen) atoms. The molecule has 2 N–H and O–H groups in total. The lowest BCUT2D eigenvalue weighted by Crippen LogP contribution is -2.38. The van der Waals surface area contributed by atoms with Gasteiger partial charge in [-0.3, -0.25) is 0 Å². The summed E-state index contributed by atoms with van der Waals surface area (Å²) in [6.07, 6.45) is 2.56. The van der Waals surface area contributed by atoms with Gasteiger partial charge in [-0.15, -0.1) is 0 Å². The third-order valence-corrected chi connectivity index (χ3v) is 5.04. The molecule has 5 heteroatoms. The number of anilines is 1. The first-order valence-electron chi connectivity index (χ1n) is 10.1. The molecule has 2 aromatic carbocycles. The van der Waals surface area contributed by atoms with Gasteiger partial charge in [0, 0.05) is 25.3 Å². The number of guanidine groups is 1. The number of aliphatic imine (C=N–C) groups is 1. The van der Waals surface area contributed by atoms with Crippen LogP contribution in [0.5, 0.6) is 0 Å². The molecule has 1 heterocycles. The molecule has 1 aliphatic heterocycles. The summed E-state index contributed by atoms with van der Waals surface area (Å²) in [7, 11) is 0. The van der Waals surface area contributed by atoms with Crippen molar-refractivity contribution in [3.05, 3.63) is 65.2 Å². The van der Waals surface area contributed by atoms with Gasteiger partial charge in [-0.05, 0) is 62.1 Å². The van der Waals surface area contributed by atoms with Crippen molar-refractivity contribution in [2.24, 2.45) is 4.99 Å². The topological polar surface area (TPSA) is 63.5 Å². The van der Waals surface area contributed by atoms with E-state index in [1.807, 2.05) is 24.3 Å². The van der Waals surface area contributed by atoms with Crippen molar-refractivity contribution >= 4 is 11.6 Å².